The number of carboxylic acids is 1. The summed E-state index contributed by atoms with van der Waals surface area (Å²) in [5.74, 6) is -16.9. The van der Waals surface area contributed by atoms with Crippen molar-refractivity contribution in [3.8, 4) is 0 Å². The van der Waals surface area contributed by atoms with Gasteiger partial charge in [-0.2, -0.15) is 11.8 Å². The van der Waals surface area contributed by atoms with Gasteiger partial charge < -0.3 is 123 Å². The van der Waals surface area contributed by atoms with Crippen molar-refractivity contribution in [2.45, 2.75) is 318 Å². The lowest BCUT2D eigenvalue weighted by atomic mass is 9.99. The number of nitrogens with one attached hydrogen (secondary N) is 17. The van der Waals surface area contributed by atoms with Crippen LogP contribution in [0.5, 0.6) is 0 Å². The molecule has 0 saturated heterocycles. The van der Waals surface area contributed by atoms with E-state index in [9.17, 15) is 96.5 Å². The zero-order valence-corrected chi connectivity index (χ0v) is 76.4. The molecule has 17 atom stereocenters. The predicted molar refractivity (Wildman–Crippen MR) is 462 cm³/mol. The van der Waals surface area contributed by atoms with E-state index in [2.05, 4.69) is 90.4 Å². The monoisotopic (exact) mass is 1770 g/mol. The first kappa shape index (κ1) is 114. The van der Waals surface area contributed by atoms with Crippen LogP contribution in [0.3, 0.4) is 0 Å². The maximum atomic E-state index is 14.3. The summed E-state index contributed by atoms with van der Waals surface area (Å²) in [6.45, 7) is 28.9. The molecule has 0 bridgehead atoms. The molecule has 42 heteroatoms. The summed E-state index contributed by atoms with van der Waals surface area (Å²) in [5.41, 5.74) is 17.7. The molecule has 704 valence electrons. The number of aliphatic carboxylic acids is 1. The molecule has 0 spiro atoms. The fraction of sp³-hybridized carbons (Fsp3) is 0.778. The van der Waals surface area contributed by atoms with Crippen LogP contribution >= 0.6 is 11.8 Å². The van der Waals surface area contributed by atoms with Gasteiger partial charge in [-0.25, -0.2) is 0 Å². The molecule has 0 aliphatic heterocycles. The van der Waals surface area contributed by atoms with E-state index in [1.54, 1.807) is 83.1 Å². The van der Waals surface area contributed by atoms with Crippen molar-refractivity contribution in [3.63, 3.8) is 0 Å². The number of carbonyl (C=O) groups excluding carboxylic acids is 17. The Labute approximate surface area is 728 Å². The van der Waals surface area contributed by atoms with E-state index in [-0.39, 0.29) is 93.4 Å². The normalized spacial score (nSPS) is 15.6. The summed E-state index contributed by atoms with van der Waals surface area (Å²) in [6.07, 6.45) is 2.63. The topological polar surface area (TPSA) is 651 Å². The number of nitrogens with two attached hydrogens (primary N) is 3. The second-order valence-corrected chi connectivity index (χ2v) is 35.2. The Balaban J connectivity index is 6.44. The summed E-state index contributed by atoms with van der Waals surface area (Å²) in [5, 5.41) is 73.6. The third-order valence-corrected chi connectivity index (χ3v) is 19.8. The Bertz CT molecular complexity index is 3440. The molecule has 41 nitrogen and oxygen atoms in total. The van der Waals surface area contributed by atoms with Crippen molar-refractivity contribution >= 4 is 118 Å². The van der Waals surface area contributed by atoms with Crippen molar-refractivity contribution in [1.82, 2.24) is 90.4 Å². The van der Waals surface area contributed by atoms with Crippen molar-refractivity contribution < 1.29 is 102 Å². The second-order valence-electron chi connectivity index (χ2n) is 34.2. The van der Waals surface area contributed by atoms with Crippen LogP contribution in [0.15, 0.2) is 0 Å². The minimum Gasteiger partial charge on any atom is -0.480 e. The molecule has 123 heavy (non-hydrogen) atoms. The molecule has 17 amide bonds. The van der Waals surface area contributed by atoms with Crippen LogP contribution in [-0.4, -0.2) is 269 Å². The van der Waals surface area contributed by atoms with Gasteiger partial charge in [-0.1, -0.05) is 96.9 Å². The first-order valence-electron chi connectivity index (χ1n) is 42.6. The molecule has 0 aliphatic carbocycles. The first-order chi connectivity index (χ1) is 57.3. The van der Waals surface area contributed by atoms with Gasteiger partial charge in [-0.3, -0.25) is 86.3 Å². The molecular weight excluding hydrogens is 1620 g/mol. The average molecular weight is 1770 g/mol. The predicted octanol–water partition coefficient (Wildman–Crippen LogP) is -3.70. The van der Waals surface area contributed by atoms with Gasteiger partial charge in [0.25, 0.3) is 0 Å². The summed E-state index contributed by atoms with van der Waals surface area (Å²) >= 11 is 1.50. The minimum absolute atomic E-state index is 0.00521. The molecule has 26 N–H and O–H groups in total. The number of carbonyl (C=O) groups is 18. The highest BCUT2D eigenvalue weighted by molar-refractivity contribution is 7.98. The number of aliphatic hydroxyl groups excluding tert-OH is 2. The van der Waals surface area contributed by atoms with Crippen molar-refractivity contribution in [1.29, 1.82) is 0 Å². The summed E-state index contributed by atoms with van der Waals surface area (Å²) in [7, 11) is 0. The number of hydrogen-bond donors (Lipinski definition) is 23. The van der Waals surface area contributed by atoms with Crippen molar-refractivity contribution in [2.75, 3.05) is 44.8 Å². The molecule has 0 saturated carbocycles. The fourth-order valence-corrected chi connectivity index (χ4v) is 12.9. The Morgan fingerprint density at radius 3 is 0.894 bits per heavy atom. The first-order valence-corrected chi connectivity index (χ1v) is 44.0. The SMILES string of the molecule is CSCC[C@H](N)C(=O)N[C@@H](CCCCN)C(=O)N[C@@H](CC(C)C)C(=O)N[C@@H](CCCCN)C(=O)N[C@H](C(=O)N[C@@H](CC(C)C)C(=O)N[C@@H](C)C(=O)N[C@@H](CC(C)C)C(=O)N[C@@H](CO)C(=O)N[C@@H](CC(C)C)C(=O)N[C@@H](CC(C)C)C(=O)N[C@@H](C)C(=O)N[C@@H](C)C(=O)NCC(=O)N[C@H](C(=O)N[C@@H](CC(C)C)C(=O)N[C@@H](C)C(=O)NCC(=O)O)C(C)C)[C@@H](C)O. The molecule has 0 aromatic rings. The van der Waals surface area contributed by atoms with Gasteiger partial charge in [-0.05, 0) is 185 Å². The largest absolute Gasteiger partial charge is 0.480 e. The Hall–Kier alpha value is -9.39. The number of hydrogen-bond acceptors (Lipinski definition) is 24. The molecule has 0 unspecified atom stereocenters. The van der Waals surface area contributed by atoms with Crippen molar-refractivity contribution in [2.24, 2.45) is 58.6 Å². The Kier molecular flexibility index (Phi) is 54.9. The molecule has 0 aliphatic rings. The lowest BCUT2D eigenvalue weighted by molar-refractivity contribution is -0.138. The van der Waals surface area contributed by atoms with Crippen molar-refractivity contribution in [3.05, 3.63) is 0 Å². The maximum Gasteiger partial charge on any atom is 0.322 e. The summed E-state index contributed by atoms with van der Waals surface area (Å²) in [6, 6.07) is -21.2. The molecule has 0 aromatic heterocycles. The van der Waals surface area contributed by atoms with Crippen LogP contribution < -0.4 is 108 Å². The van der Waals surface area contributed by atoms with Gasteiger partial charge in [0, 0.05) is 0 Å². The van der Waals surface area contributed by atoms with Gasteiger partial charge in [0.2, 0.25) is 100 Å². The third-order valence-electron chi connectivity index (χ3n) is 19.2. The number of rotatable bonds is 61. The number of carboxylic acid groups (broad SMARTS) is 1. The zero-order chi connectivity index (χ0) is 94.4. The summed E-state index contributed by atoms with van der Waals surface area (Å²) in [4.78, 5) is 245. The number of unbranched alkanes of at least 4 members (excludes halogenated alkanes) is 2. The van der Waals surface area contributed by atoms with Crippen LogP contribution in [0.4, 0.5) is 0 Å². The molecular formula is C81H148N20O21S. The lowest BCUT2D eigenvalue weighted by Crippen LogP contribution is -2.62. The summed E-state index contributed by atoms with van der Waals surface area (Å²) < 4.78 is 0. The van der Waals surface area contributed by atoms with E-state index in [0.29, 0.717) is 44.4 Å². The minimum atomic E-state index is -1.74. The number of amides is 17. The molecule has 0 radical (unpaired) electrons. The zero-order valence-electron chi connectivity index (χ0n) is 75.6. The standard InChI is InChI=1S/C81H148N20O21S/c1-40(2)31-55(73(114)89-49(17)68(109)87-47(15)66(107)85-37-62(104)100-64(46(13)14)80(121)97-56(32-41(3)4)74(115)88-48(16)67(108)86-38-63(105)106)95-77(118)60(36-45(11)12)96-79(120)61(39-102)99-78(119)58(34-43(7)8)93-69(110)50(18)90-75(116)57(33-42(5)6)98-81(122)65(51(19)103)101-72(113)54(26-22-24-29-83)92-76(117)59(35-44(9)10)94-71(112)53(25-21-23-28-82)91-70(111)52(84)27-30-123-20/h40-61,64-65,102-103H,21-39,82-84H2,1-20H3,(H,85,107)(H,86,108)(H,87,109)(H,88,115)(H,89,114)(H,90,116)(H,91,111)(H,92,117)(H,93,110)(H,94,112)(H,95,118)(H,96,120)(H,97,121)(H,98,122)(H,99,119)(H,100,104)(H,101,113)(H,105,106)/t47-,48-,49-,50-,51+,52-,53-,54-,55-,56-,57-,58-,59-,60-,61-,64-,65-/m0/s1. The van der Waals surface area contributed by atoms with Crippen LogP contribution in [-0.2, 0) is 86.3 Å². The highest BCUT2D eigenvalue weighted by Gasteiger charge is 2.39. The van der Waals surface area contributed by atoms with Crippen LogP contribution in [0.2, 0.25) is 0 Å². The van der Waals surface area contributed by atoms with Gasteiger partial charge >= 0.3 is 5.97 Å². The smallest absolute Gasteiger partial charge is 0.322 e. The van der Waals surface area contributed by atoms with E-state index >= 15 is 0 Å². The third kappa shape index (κ3) is 46.2. The van der Waals surface area contributed by atoms with E-state index in [1.165, 1.54) is 46.4 Å². The highest BCUT2D eigenvalue weighted by atomic mass is 32.2. The van der Waals surface area contributed by atoms with Crippen LogP contribution in [0, 0.1) is 41.4 Å². The average Bonchev–Trinajstić information content (AvgIpc) is 0.855. The van der Waals surface area contributed by atoms with E-state index in [1.807, 2.05) is 20.1 Å². The molecule has 0 heterocycles. The number of thioether (sulfide) groups is 1. The van der Waals surface area contributed by atoms with Crippen LogP contribution in [0.1, 0.15) is 215 Å². The van der Waals surface area contributed by atoms with Gasteiger partial charge in [0.15, 0.2) is 0 Å². The molecule has 0 fully saturated rings. The fourth-order valence-electron chi connectivity index (χ4n) is 12.4. The van der Waals surface area contributed by atoms with Gasteiger partial charge in [0.05, 0.1) is 25.3 Å². The van der Waals surface area contributed by atoms with E-state index in [0.717, 1.165) is 0 Å². The maximum absolute atomic E-state index is 14.3. The van der Waals surface area contributed by atoms with Gasteiger partial charge in [-0.15, -0.1) is 0 Å². The lowest BCUT2D eigenvalue weighted by Gasteiger charge is -2.29. The second kappa shape index (κ2) is 59.4. The molecule has 0 rings (SSSR count). The molecule has 0 aromatic carbocycles. The van der Waals surface area contributed by atoms with E-state index < -0.39 is 235 Å². The van der Waals surface area contributed by atoms with Crippen LogP contribution in [0.25, 0.3) is 0 Å². The van der Waals surface area contributed by atoms with Gasteiger partial charge in [0.1, 0.15) is 97.2 Å². The Morgan fingerprint density at radius 2 is 0.569 bits per heavy atom. The number of aliphatic hydroxyl groups is 2. The van der Waals surface area contributed by atoms with E-state index in [4.69, 9.17) is 22.3 Å². The highest BCUT2D eigenvalue weighted by Crippen LogP contribution is 2.17. The Morgan fingerprint density at radius 1 is 0.301 bits per heavy atom. The quantitative estimate of drug-likeness (QED) is 0.0261.